The topological polar surface area (TPSA) is 38.5 Å². The average Bonchev–Trinajstić information content (AvgIpc) is 2.85. The molecule has 0 amide bonds. The molecule has 2 aliphatic rings. The number of nitrogens with zero attached hydrogens (tertiary/aromatic N) is 1. The van der Waals surface area contributed by atoms with Gasteiger partial charge in [-0.25, -0.2) is 0 Å². The lowest BCUT2D eigenvalue weighted by atomic mass is 10.1. The zero-order valence-electron chi connectivity index (χ0n) is 8.24. The quantitative estimate of drug-likeness (QED) is 0.674. The van der Waals surface area contributed by atoms with Crippen molar-refractivity contribution in [2.24, 2.45) is 11.7 Å². The maximum absolute atomic E-state index is 5.60. The van der Waals surface area contributed by atoms with Gasteiger partial charge in [-0.05, 0) is 25.2 Å². The molecule has 2 rings (SSSR count). The fourth-order valence-corrected chi connectivity index (χ4v) is 2.09. The number of hydrogen-bond donors (Lipinski definition) is 1. The maximum atomic E-state index is 5.60. The van der Waals surface area contributed by atoms with Crippen molar-refractivity contribution < 1.29 is 4.74 Å². The van der Waals surface area contributed by atoms with Crippen LogP contribution in [0.15, 0.2) is 0 Å². The Kier molecular flexibility index (Phi) is 3.19. The van der Waals surface area contributed by atoms with E-state index < -0.39 is 0 Å². The van der Waals surface area contributed by atoms with Crippen LogP contribution in [0.1, 0.15) is 19.3 Å². The van der Waals surface area contributed by atoms with E-state index in [2.05, 4.69) is 4.90 Å². The van der Waals surface area contributed by atoms with Crippen LogP contribution in [0, 0.1) is 5.92 Å². The monoisotopic (exact) mass is 184 g/mol. The molecule has 13 heavy (non-hydrogen) atoms. The van der Waals surface area contributed by atoms with Crippen LogP contribution in [-0.4, -0.2) is 43.8 Å². The van der Waals surface area contributed by atoms with Crippen LogP contribution in [0.3, 0.4) is 0 Å². The third-order valence-corrected chi connectivity index (χ3v) is 3.00. The van der Waals surface area contributed by atoms with E-state index >= 15 is 0 Å². The van der Waals surface area contributed by atoms with Crippen LogP contribution in [0.25, 0.3) is 0 Å². The second-order valence-corrected chi connectivity index (χ2v) is 4.24. The van der Waals surface area contributed by atoms with Crippen molar-refractivity contribution in [2.75, 3.05) is 32.8 Å². The van der Waals surface area contributed by atoms with E-state index in [1.165, 1.54) is 25.8 Å². The first-order chi connectivity index (χ1) is 6.40. The SMILES string of the molecule is NCCN(CC1CCOC1)C1CC1. The van der Waals surface area contributed by atoms with Crippen molar-refractivity contribution in [3.63, 3.8) is 0 Å². The van der Waals surface area contributed by atoms with Gasteiger partial charge in [-0.1, -0.05) is 0 Å². The molecule has 3 heteroatoms. The van der Waals surface area contributed by atoms with Gasteiger partial charge in [0.25, 0.3) is 0 Å². The molecule has 0 bridgehead atoms. The van der Waals surface area contributed by atoms with Crippen molar-refractivity contribution in [1.82, 2.24) is 4.90 Å². The van der Waals surface area contributed by atoms with Crippen LogP contribution >= 0.6 is 0 Å². The molecule has 2 fully saturated rings. The Morgan fingerprint density at radius 3 is 2.69 bits per heavy atom. The lowest BCUT2D eigenvalue weighted by Gasteiger charge is -2.23. The van der Waals surface area contributed by atoms with Crippen LogP contribution in [0.5, 0.6) is 0 Å². The fraction of sp³-hybridized carbons (Fsp3) is 1.00. The van der Waals surface area contributed by atoms with Gasteiger partial charge in [-0.3, -0.25) is 4.90 Å². The molecule has 1 saturated heterocycles. The van der Waals surface area contributed by atoms with Gasteiger partial charge in [0, 0.05) is 32.3 Å². The van der Waals surface area contributed by atoms with Gasteiger partial charge in [0.15, 0.2) is 0 Å². The molecule has 0 aromatic carbocycles. The zero-order chi connectivity index (χ0) is 9.10. The molecule has 76 valence electrons. The summed E-state index contributed by atoms with van der Waals surface area (Å²) < 4.78 is 5.38. The minimum Gasteiger partial charge on any atom is -0.381 e. The molecule has 0 spiro atoms. The molecular weight excluding hydrogens is 164 g/mol. The molecule has 0 aromatic rings. The highest BCUT2D eigenvalue weighted by molar-refractivity contribution is 4.86. The maximum Gasteiger partial charge on any atom is 0.0507 e. The number of hydrogen-bond acceptors (Lipinski definition) is 3. The summed E-state index contributed by atoms with van der Waals surface area (Å²) in [6, 6.07) is 0.851. The van der Waals surface area contributed by atoms with E-state index in [1.807, 2.05) is 0 Å². The standard InChI is InChI=1S/C10H20N2O/c11-4-5-12(10-1-2-10)7-9-3-6-13-8-9/h9-10H,1-8,11H2. The largest absolute Gasteiger partial charge is 0.381 e. The third kappa shape index (κ3) is 2.66. The Labute approximate surface area is 80.2 Å². The van der Waals surface area contributed by atoms with Gasteiger partial charge in [-0.15, -0.1) is 0 Å². The molecule has 0 radical (unpaired) electrons. The van der Waals surface area contributed by atoms with Crippen molar-refractivity contribution in [1.29, 1.82) is 0 Å². The Morgan fingerprint density at radius 1 is 1.31 bits per heavy atom. The van der Waals surface area contributed by atoms with E-state index in [0.717, 1.165) is 38.3 Å². The molecule has 1 heterocycles. The molecule has 1 unspecified atom stereocenters. The van der Waals surface area contributed by atoms with E-state index in [0.29, 0.717) is 0 Å². The van der Waals surface area contributed by atoms with Crippen molar-refractivity contribution >= 4 is 0 Å². The van der Waals surface area contributed by atoms with Crippen molar-refractivity contribution in [2.45, 2.75) is 25.3 Å². The van der Waals surface area contributed by atoms with Gasteiger partial charge in [0.05, 0.1) is 6.61 Å². The molecular formula is C10H20N2O. The lowest BCUT2D eigenvalue weighted by Crippen LogP contribution is -2.35. The fourth-order valence-electron chi connectivity index (χ4n) is 2.09. The zero-order valence-corrected chi connectivity index (χ0v) is 8.24. The van der Waals surface area contributed by atoms with E-state index in [-0.39, 0.29) is 0 Å². The molecule has 1 aliphatic heterocycles. The minimum atomic E-state index is 0.771. The Balaban J connectivity index is 1.74. The van der Waals surface area contributed by atoms with Gasteiger partial charge >= 0.3 is 0 Å². The highest BCUT2D eigenvalue weighted by atomic mass is 16.5. The van der Waals surface area contributed by atoms with E-state index in [9.17, 15) is 0 Å². The molecule has 1 saturated carbocycles. The lowest BCUT2D eigenvalue weighted by molar-refractivity contribution is 0.165. The Bertz CT molecular complexity index is 153. The highest BCUT2D eigenvalue weighted by Crippen LogP contribution is 2.28. The normalized spacial score (nSPS) is 28.6. The number of nitrogens with two attached hydrogens (primary N) is 1. The summed E-state index contributed by atoms with van der Waals surface area (Å²) in [4.78, 5) is 2.55. The van der Waals surface area contributed by atoms with Gasteiger partial charge in [0.2, 0.25) is 0 Å². The second-order valence-electron chi connectivity index (χ2n) is 4.24. The summed E-state index contributed by atoms with van der Waals surface area (Å²) in [7, 11) is 0. The summed E-state index contributed by atoms with van der Waals surface area (Å²) in [6.45, 7) is 5.01. The minimum absolute atomic E-state index is 0.771. The first kappa shape index (κ1) is 9.44. The van der Waals surface area contributed by atoms with Gasteiger partial charge in [0.1, 0.15) is 0 Å². The average molecular weight is 184 g/mol. The first-order valence-corrected chi connectivity index (χ1v) is 5.42. The summed E-state index contributed by atoms with van der Waals surface area (Å²) >= 11 is 0. The first-order valence-electron chi connectivity index (χ1n) is 5.42. The van der Waals surface area contributed by atoms with E-state index in [4.69, 9.17) is 10.5 Å². The van der Waals surface area contributed by atoms with Crippen LogP contribution in [0.2, 0.25) is 0 Å². The van der Waals surface area contributed by atoms with Crippen LogP contribution in [0.4, 0.5) is 0 Å². The third-order valence-electron chi connectivity index (χ3n) is 3.00. The molecule has 1 atom stereocenters. The predicted octanol–water partition coefficient (Wildman–Crippen LogP) is 0.446. The van der Waals surface area contributed by atoms with Crippen molar-refractivity contribution in [3.8, 4) is 0 Å². The molecule has 0 aromatic heterocycles. The van der Waals surface area contributed by atoms with E-state index in [1.54, 1.807) is 0 Å². The van der Waals surface area contributed by atoms with Gasteiger partial charge < -0.3 is 10.5 Å². The van der Waals surface area contributed by atoms with Crippen LogP contribution in [-0.2, 0) is 4.74 Å². The Hall–Kier alpha value is -0.120. The number of ether oxygens (including phenoxy) is 1. The van der Waals surface area contributed by atoms with Crippen LogP contribution < -0.4 is 5.73 Å². The highest BCUT2D eigenvalue weighted by Gasteiger charge is 2.30. The van der Waals surface area contributed by atoms with Gasteiger partial charge in [-0.2, -0.15) is 0 Å². The molecule has 2 N–H and O–H groups in total. The molecule has 1 aliphatic carbocycles. The Morgan fingerprint density at radius 2 is 2.15 bits per heavy atom. The summed E-state index contributed by atoms with van der Waals surface area (Å²) in [5.74, 6) is 0.771. The summed E-state index contributed by atoms with van der Waals surface area (Å²) in [6.07, 6.45) is 4.01. The summed E-state index contributed by atoms with van der Waals surface area (Å²) in [5, 5.41) is 0. The predicted molar refractivity (Wildman–Crippen MR) is 52.6 cm³/mol. The van der Waals surface area contributed by atoms with Crippen molar-refractivity contribution in [3.05, 3.63) is 0 Å². The molecule has 3 nitrogen and oxygen atoms in total. The smallest absolute Gasteiger partial charge is 0.0507 e. The number of rotatable bonds is 5. The summed E-state index contributed by atoms with van der Waals surface area (Å²) in [5.41, 5.74) is 5.60. The second kappa shape index (κ2) is 4.40.